The zero-order valence-corrected chi connectivity index (χ0v) is 49.2. The lowest BCUT2D eigenvalue weighted by atomic mass is 9.60. The lowest BCUT2D eigenvalue weighted by Gasteiger charge is -2.43. The van der Waals surface area contributed by atoms with Crippen LogP contribution in [0.3, 0.4) is 0 Å². The van der Waals surface area contributed by atoms with E-state index in [0.29, 0.717) is 0 Å². The summed E-state index contributed by atoms with van der Waals surface area (Å²) >= 11 is 0. The predicted octanol–water partition coefficient (Wildman–Crippen LogP) is 24.9. The predicted molar refractivity (Wildman–Crippen MR) is 385 cm³/mol. The molecule has 18 aromatic carbocycles. The van der Waals surface area contributed by atoms with Gasteiger partial charge in [0.1, 0.15) is 0 Å². The van der Waals surface area contributed by atoms with Gasteiger partial charge >= 0.3 is 0 Å². The van der Waals surface area contributed by atoms with E-state index >= 15 is 0 Å². The van der Waals surface area contributed by atoms with Gasteiger partial charge in [0.2, 0.25) is 0 Å². The van der Waals surface area contributed by atoms with Crippen molar-refractivity contribution in [1.29, 1.82) is 0 Å². The molecule has 0 aromatic heterocycles. The molecule has 3 aliphatic carbocycles. The van der Waals surface area contributed by atoms with Crippen LogP contribution in [0.15, 0.2) is 315 Å². The molecule has 18 aromatic rings. The average Bonchev–Trinajstić information content (AvgIpc) is 0.666. The van der Waals surface area contributed by atoms with Crippen LogP contribution in [0.25, 0.3) is 174 Å². The Balaban J connectivity index is 1.15. The molecule has 414 valence electrons. The lowest BCUT2D eigenvalue weighted by molar-refractivity contribution is 0.834. The molecule has 0 aliphatic heterocycles. The second kappa shape index (κ2) is 19.0. The van der Waals surface area contributed by atoms with E-state index in [1.165, 1.54) is 196 Å². The fourth-order valence-electron chi connectivity index (χ4n) is 17.4. The van der Waals surface area contributed by atoms with Gasteiger partial charge in [0.05, 0.1) is 0 Å². The van der Waals surface area contributed by atoms with Crippen molar-refractivity contribution >= 4 is 118 Å². The maximum atomic E-state index is 2.66. The molecule has 0 fully saturated rings. The number of hydrogen-bond acceptors (Lipinski definition) is 0. The summed E-state index contributed by atoms with van der Waals surface area (Å²) in [4.78, 5) is 0. The number of fused-ring (bicyclic) bond motifs is 22. The van der Waals surface area contributed by atoms with Crippen molar-refractivity contribution in [2.45, 2.75) is 11.8 Å². The van der Waals surface area contributed by atoms with Crippen molar-refractivity contribution in [1.82, 2.24) is 0 Å². The van der Waals surface area contributed by atoms with Gasteiger partial charge in [0.25, 0.3) is 0 Å². The Kier molecular flexibility index (Phi) is 10.5. The Hall–Kier alpha value is -11.4. The molecule has 21 rings (SSSR count). The third-order valence-corrected chi connectivity index (χ3v) is 20.6. The van der Waals surface area contributed by atoms with Gasteiger partial charge in [-0.15, -0.1) is 0 Å². The van der Waals surface area contributed by atoms with E-state index in [2.05, 4.69) is 315 Å². The van der Waals surface area contributed by atoms with Gasteiger partial charge in [-0.25, -0.2) is 0 Å². The van der Waals surface area contributed by atoms with Crippen molar-refractivity contribution < 1.29 is 0 Å². The quantitative estimate of drug-likeness (QED) is 0.0915. The number of allylic oxidation sites excluding steroid dienone is 2. The van der Waals surface area contributed by atoms with E-state index in [0.717, 1.165) is 0 Å². The molecule has 0 heteroatoms. The minimum Gasteiger partial charge on any atom is -0.0756 e. The maximum absolute atomic E-state index is 2.66. The first kappa shape index (κ1) is 49.7. The summed E-state index contributed by atoms with van der Waals surface area (Å²) in [6.07, 6.45) is 5.28. The summed E-state index contributed by atoms with van der Waals surface area (Å²) in [5, 5.41) is 28.2. The summed E-state index contributed by atoms with van der Waals surface area (Å²) in [6, 6.07) is 115. The first-order valence-corrected chi connectivity index (χ1v) is 31.7. The first-order chi connectivity index (χ1) is 44.8. The van der Waals surface area contributed by atoms with E-state index < -0.39 is 0 Å². The summed E-state index contributed by atoms with van der Waals surface area (Å²) in [6.45, 7) is 0. The molecule has 3 aliphatic rings. The average molecular weight is 1140 g/mol. The van der Waals surface area contributed by atoms with Gasteiger partial charge < -0.3 is 0 Å². The zero-order valence-electron chi connectivity index (χ0n) is 49.2. The van der Waals surface area contributed by atoms with Gasteiger partial charge in [-0.2, -0.15) is 0 Å². The van der Waals surface area contributed by atoms with Crippen LogP contribution in [-0.2, 0) is 0 Å². The minimum absolute atomic E-state index is 0.178. The van der Waals surface area contributed by atoms with Crippen LogP contribution in [0.4, 0.5) is 0 Å². The van der Waals surface area contributed by atoms with Gasteiger partial charge in [-0.3, -0.25) is 0 Å². The molecule has 0 radical (unpaired) electrons. The summed E-state index contributed by atoms with van der Waals surface area (Å²) < 4.78 is 0. The first-order valence-electron chi connectivity index (χ1n) is 31.7. The summed E-state index contributed by atoms with van der Waals surface area (Å²) in [5.41, 5.74) is 18.1. The van der Waals surface area contributed by atoms with Crippen LogP contribution in [0, 0.1) is 0 Å². The van der Waals surface area contributed by atoms with Gasteiger partial charge in [0, 0.05) is 11.8 Å². The Morgan fingerprint density at radius 1 is 0.156 bits per heavy atom. The second-order valence-electron chi connectivity index (χ2n) is 24.9. The van der Waals surface area contributed by atoms with Gasteiger partial charge in [-0.05, 0) is 202 Å². The number of benzene rings is 18. The Morgan fingerprint density at radius 3 is 0.756 bits per heavy atom. The van der Waals surface area contributed by atoms with Crippen LogP contribution in [0.1, 0.15) is 34.1 Å². The largest absolute Gasteiger partial charge is 0.0756 e. The van der Waals surface area contributed by atoms with Crippen molar-refractivity contribution in [3.05, 3.63) is 338 Å². The molecule has 0 amide bonds. The fourth-order valence-corrected chi connectivity index (χ4v) is 17.4. The maximum Gasteiger partial charge on any atom is 0.0289 e. The van der Waals surface area contributed by atoms with E-state index in [1.807, 2.05) is 0 Å². The lowest BCUT2D eigenvalue weighted by Crippen LogP contribution is -2.24. The molecule has 90 heavy (non-hydrogen) atoms. The molecule has 0 unspecified atom stereocenters. The third-order valence-electron chi connectivity index (χ3n) is 20.6. The molecule has 2 bridgehead atoms. The molecule has 2 atom stereocenters. The summed E-state index contributed by atoms with van der Waals surface area (Å²) in [5.74, 6) is -0.368. The standard InChI is InChI=1S/C90H54/c1-6-28-53(29-7-1)72-52-73-88-76(56-34-12-4-13-35-56)81-67-47-25-19-42-62(67)63-43-20-26-48-68(63)82(81)77(57-36-14-5-15-37-57)90(88)87-71-51-50-70(86(87)89(73)83-69-49-27-21-39-59(69)58-38-16-22-44-64(58)78(72)83)84-74(54-30-8-2-9-31-54)79-65-45-23-17-40-60(65)61-41-18-24-46-66(61)80(79)75(85(71)84)55-32-10-3-11-33-55/h1-52,70-71H/t70-,71+/m0/s1. The van der Waals surface area contributed by atoms with Crippen molar-refractivity contribution in [3.63, 3.8) is 0 Å². The highest BCUT2D eigenvalue weighted by Crippen LogP contribution is 2.65. The highest BCUT2D eigenvalue weighted by Gasteiger charge is 2.44. The Labute approximate surface area is 520 Å². The molecule has 0 N–H and O–H groups in total. The van der Waals surface area contributed by atoms with E-state index in [-0.39, 0.29) is 11.8 Å². The summed E-state index contributed by atoms with van der Waals surface area (Å²) in [7, 11) is 0. The van der Waals surface area contributed by atoms with Crippen molar-refractivity contribution in [2.75, 3.05) is 0 Å². The monoisotopic (exact) mass is 1130 g/mol. The topological polar surface area (TPSA) is 0 Å². The van der Waals surface area contributed by atoms with E-state index in [9.17, 15) is 0 Å². The molecular formula is C90H54. The molecule has 0 saturated carbocycles. The highest BCUT2D eigenvalue weighted by atomic mass is 14.5. The van der Waals surface area contributed by atoms with Crippen molar-refractivity contribution in [3.8, 4) is 55.6 Å². The van der Waals surface area contributed by atoms with Crippen LogP contribution < -0.4 is 0 Å². The van der Waals surface area contributed by atoms with E-state index in [1.54, 1.807) is 0 Å². The minimum atomic E-state index is -0.190. The molecule has 0 saturated heterocycles. The number of hydrogen-bond donors (Lipinski definition) is 0. The van der Waals surface area contributed by atoms with Crippen LogP contribution in [0.5, 0.6) is 0 Å². The number of rotatable bonds is 5. The van der Waals surface area contributed by atoms with Crippen LogP contribution in [0.2, 0.25) is 0 Å². The van der Waals surface area contributed by atoms with Crippen LogP contribution in [-0.4, -0.2) is 0 Å². The van der Waals surface area contributed by atoms with Gasteiger partial charge in [0.15, 0.2) is 0 Å². The zero-order chi connectivity index (χ0) is 58.7. The molecule has 0 heterocycles. The van der Waals surface area contributed by atoms with Crippen LogP contribution >= 0.6 is 0 Å². The van der Waals surface area contributed by atoms with Crippen molar-refractivity contribution in [2.24, 2.45) is 0 Å². The molecule has 0 spiro atoms. The molecular weight excluding hydrogens is 1080 g/mol. The normalized spacial score (nSPS) is 14.4. The Morgan fingerprint density at radius 2 is 0.400 bits per heavy atom. The SMILES string of the molecule is C1=C[C@H]2c3c(c(-c4ccccc4)c4c5ccccc5c5ccccc5c4c3-c3ccccc3)[C@@H]1c1c2c2c(cc(-c3ccccc3)c3c4ccccc4c4ccccc4c32)c2c(-c3ccccc3)c3c4ccccc4c4ccccc4c3c(-c3ccccc3)c12. The van der Waals surface area contributed by atoms with Gasteiger partial charge in [-0.1, -0.05) is 309 Å². The Bertz CT molecular complexity index is 6160. The highest BCUT2D eigenvalue weighted by molar-refractivity contribution is 6.44. The smallest absolute Gasteiger partial charge is 0.0289 e. The fraction of sp³-hybridized carbons (Fsp3) is 0.0222. The molecule has 0 nitrogen and oxygen atoms in total. The second-order valence-corrected chi connectivity index (χ2v) is 24.9. The van der Waals surface area contributed by atoms with E-state index in [4.69, 9.17) is 0 Å². The third kappa shape index (κ3) is 6.69.